The van der Waals surface area contributed by atoms with Crippen LogP contribution in [0.1, 0.15) is 45.1 Å². The van der Waals surface area contributed by atoms with Crippen molar-refractivity contribution < 1.29 is 8.42 Å². The lowest BCUT2D eigenvalue weighted by Crippen LogP contribution is -2.41. The van der Waals surface area contributed by atoms with Crippen molar-refractivity contribution in [3.63, 3.8) is 0 Å². The smallest absolute Gasteiger partial charge is 0.207 e. The Kier molecular flexibility index (Phi) is 4.40. The predicted molar refractivity (Wildman–Crippen MR) is 82.1 cm³/mol. The molecule has 1 aliphatic rings. The fourth-order valence-corrected chi connectivity index (χ4v) is 4.44. The van der Waals surface area contributed by atoms with Crippen LogP contribution in [0.25, 0.3) is 0 Å². The summed E-state index contributed by atoms with van der Waals surface area (Å²) in [6.07, 6.45) is 3.80. The number of hydrogen-bond donors (Lipinski definition) is 0. The first-order valence-electron chi connectivity index (χ1n) is 7.25. The average molecular weight is 306 g/mol. The highest BCUT2D eigenvalue weighted by atomic mass is 32.2. The van der Waals surface area contributed by atoms with Gasteiger partial charge in [0.1, 0.15) is 6.07 Å². The van der Waals surface area contributed by atoms with Gasteiger partial charge in [0.15, 0.2) is 0 Å². The normalized spacial score (nSPS) is 19.4. The average Bonchev–Trinajstić information content (AvgIpc) is 2.46. The summed E-state index contributed by atoms with van der Waals surface area (Å²) in [6.45, 7) is 4.45. The standard InChI is InChI=1S/C16H22N2O2S/c1-16(2)10-8-14(9-11-16)18(3)21(19,20)15-7-5-4-6-13(15)12-17/h4-7,14H,8-11H2,1-3H3. The zero-order valence-corrected chi connectivity index (χ0v) is 13.7. The Labute approximate surface area is 127 Å². The summed E-state index contributed by atoms with van der Waals surface area (Å²) in [7, 11) is -1.98. The van der Waals surface area contributed by atoms with Gasteiger partial charge in [-0.05, 0) is 43.2 Å². The summed E-state index contributed by atoms with van der Waals surface area (Å²) in [5.74, 6) is 0. The van der Waals surface area contributed by atoms with E-state index in [1.807, 2.05) is 6.07 Å². The first-order valence-corrected chi connectivity index (χ1v) is 8.69. The van der Waals surface area contributed by atoms with Gasteiger partial charge >= 0.3 is 0 Å². The van der Waals surface area contributed by atoms with Gasteiger partial charge in [0.2, 0.25) is 10.0 Å². The Morgan fingerprint density at radius 2 is 1.81 bits per heavy atom. The molecular formula is C16H22N2O2S. The van der Waals surface area contributed by atoms with Crippen molar-refractivity contribution in [2.75, 3.05) is 7.05 Å². The van der Waals surface area contributed by atoms with E-state index >= 15 is 0 Å². The second-order valence-electron chi connectivity index (χ2n) is 6.52. The third-order valence-electron chi connectivity index (χ3n) is 4.49. The summed E-state index contributed by atoms with van der Waals surface area (Å²) >= 11 is 0. The van der Waals surface area contributed by atoms with Crippen molar-refractivity contribution in [2.24, 2.45) is 5.41 Å². The first kappa shape index (κ1) is 16.0. The number of sulfonamides is 1. The van der Waals surface area contributed by atoms with E-state index in [-0.39, 0.29) is 16.5 Å². The van der Waals surface area contributed by atoms with Gasteiger partial charge in [-0.1, -0.05) is 26.0 Å². The largest absolute Gasteiger partial charge is 0.244 e. The molecule has 1 saturated carbocycles. The van der Waals surface area contributed by atoms with Gasteiger partial charge in [0.05, 0.1) is 10.5 Å². The van der Waals surface area contributed by atoms with Gasteiger partial charge in [0.25, 0.3) is 0 Å². The van der Waals surface area contributed by atoms with Gasteiger partial charge in [-0.15, -0.1) is 0 Å². The van der Waals surface area contributed by atoms with E-state index in [4.69, 9.17) is 5.26 Å². The minimum absolute atomic E-state index is 0.0229. The lowest BCUT2D eigenvalue weighted by Gasteiger charge is -2.38. The van der Waals surface area contributed by atoms with Crippen LogP contribution < -0.4 is 0 Å². The van der Waals surface area contributed by atoms with Crippen molar-refractivity contribution in [2.45, 2.75) is 50.5 Å². The third kappa shape index (κ3) is 3.28. The van der Waals surface area contributed by atoms with E-state index < -0.39 is 10.0 Å². The lowest BCUT2D eigenvalue weighted by molar-refractivity contribution is 0.174. The molecule has 114 valence electrons. The minimum atomic E-state index is -3.61. The van der Waals surface area contributed by atoms with Crippen LogP contribution >= 0.6 is 0 Å². The third-order valence-corrected chi connectivity index (χ3v) is 6.46. The zero-order valence-electron chi connectivity index (χ0n) is 12.8. The molecule has 0 heterocycles. The van der Waals surface area contributed by atoms with Crippen molar-refractivity contribution in [1.82, 2.24) is 4.31 Å². The molecule has 1 aromatic rings. The molecular weight excluding hydrogens is 284 g/mol. The summed E-state index contributed by atoms with van der Waals surface area (Å²) in [6, 6.07) is 8.39. The summed E-state index contributed by atoms with van der Waals surface area (Å²) < 4.78 is 27.0. The molecule has 0 bridgehead atoms. The SMILES string of the molecule is CN(C1CCC(C)(C)CC1)S(=O)(=O)c1ccccc1C#N. The van der Waals surface area contributed by atoms with Crippen molar-refractivity contribution in [1.29, 1.82) is 5.26 Å². The van der Waals surface area contributed by atoms with Crippen molar-refractivity contribution in [3.05, 3.63) is 29.8 Å². The highest BCUT2D eigenvalue weighted by Gasteiger charge is 2.34. The van der Waals surface area contributed by atoms with Gasteiger partial charge in [-0.3, -0.25) is 0 Å². The highest BCUT2D eigenvalue weighted by Crippen LogP contribution is 2.38. The van der Waals surface area contributed by atoms with E-state index in [0.717, 1.165) is 25.7 Å². The van der Waals surface area contributed by atoms with E-state index in [1.165, 1.54) is 10.4 Å². The Balaban J connectivity index is 2.26. The molecule has 0 unspecified atom stereocenters. The molecule has 1 aromatic carbocycles. The number of nitriles is 1. The van der Waals surface area contributed by atoms with Crippen molar-refractivity contribution >= 4 is 10.0 Å². The molecule has 0 aromatic heterocycles. The topological polar surface area (TPSA) is 61.2 Å². The molecule has 0 atom stereocenters. The Morgan fingerprint density at radius 3 is 2.38 bits per heavy atom. The number of nitrogens with zero attached hydrogens (tertiary/aromatic N) is 2. The highest BCUT2D eigenvalue weighted by molar-refractivity contribution is 7.89. The monoisotopic (exact) mass is 306 g/mol. The minimum Gasteiger partial charge on any atom is -0.207 e. The van der Waals surface area contributed by atoms with Crippen LogP contribution in [0.5, 0.6) is 0 Å². The molecule has 1 fully saturated rings. The van der Waals surface area contributed by atoms with Crippen LogP contribution in [0.4, 0.5) is 0 Å². The maximum absolute atomic E-state index is 12.7. The summed E-state index contributed by atoms with van der Waals surface area (Å²) in [4.78, 5) is 0.111. The van der Waals surface area contributed by atoms with Crippen LogP contribution in [0, 0.1) is 16.7 Å². The number of benzene rings is 1. The molecule has 5 heteroatoms. The molecule has 2 rings (SSSR count). The number of rotatable bonds is 3. The molecule has 0 radical (unpaired) electrons. The van der Waals surface area contributed by atoms with Gasteiger partial charge in [-0.2, -0.15) is 9.57 Å². The molecule has 0 N–H and O–H groups in total. The Morgan fingerprint density at radius 1 is 1.24 bits per heavy atom. The Hall–Kier alpha value is -1.38. The maximum atomic E-state index is 12.7. The van der Waals surface area contributed by atoms with Gasteiger partial charge in [0, 0.05) is 13.1 Å². The maximum Gasteiger partial charge on any atom is 0.244 e. The Bertz CT molecular complexity index is 649. The molecule has 1 aliphatic carbocycles. The summed E-state index contributed by atoms with van der Waals surface area (Å²) in [5, 5.41) is 9.11. The predicted octanol–water partition coefficient (Wildman–Crippen LogP) is 3.15. The molecule has 0 amide bonds. The molecule has 0 aliphatic heterocycles. The fourth-order valence-electron chi connectivity index (χ4n) is 2.88. The van der Waals surface area contributed by atoms with E-state index in [2.05, 4.69) is 13.8 Å². The van der Waals surface area contributed by atoms with Gasteiger partial charge in [-0.25, -0.2) is 8.42 Å². The second-order valence-corrected chi connectivity index (χ2v) is 8.49. The molecule has 0 saturated heterocycles. The van der Waals surface area contributed by atoms with Crippen LogP contribution in [0.15, 0.2) is 29.2 Å². The second kappa shape index (κ2) is 5.78. The number of hydrogen-bond acceptors (Lipinski definition) is 3. The van der Waals surface area contributed by atoms with E-state index in [9.17, 15) is 8.42 Å². The van der Waals surface area contributed by atoms with Crippen LogP contribution in [0.2, 0.25) is 0 Å². The van der Waals surface area contributed by atoms with Gasteiger partial charge < -0.3 is 0 Å². The van der Waals surface area contributed by atoms with Crippen LogP contribution in [-0.4, -0.2) is 25.8 Å². The first-order chi connectivity index (χ1) is 9.78. The van der Waals surface area contributed by atoms with E-state index in [1.54, 1.807) is 25.2 Å². The zero-order chi connectivity index (χ0) is 15.7. The van der Waals surface area contributed by atoms with Crippen molar-refractivity contribution in [3.8, 4) is 6.07 Å². The fraction of sp³-hybridized carbons (Fsp3) is 0.562. The molecule has 4 nitrogen and oxygen atoms in total. The quantitative estimate of drug-likeness (QED) is 0.862. The molecule has 21 heavy (non-hydrogen) atoms. The summed E-state index contributed by atoms with van der Waals surface area (Å²) in [5.41, 5.74) is 0.506. The molecule has 0 spiro atoms. The van der Waals surface area contributed by atoms with Crippen LogP contribution in [-0.2, 0) is 10.0 Å². The van der Waals surface area contributed by atoms with Crippen LogP contribution in [0.3, 0.4) is 0 Å². The van der Waals surface area contributed by atoms with E-state index in [0.29, 0.717) is 5.41 Å². The lowest BCUT2D eigenvalue weighted by atomic mass is 9.76.